The van der Waals surface area contributed by atoms with E-state index in [0.29, 0.717) is 11.7 Å². The highest BCUT2D eigenvalue weighted by Crippen LogP contribution is 2.30. The molecule has 7 heteroatoms. The van der Waals surface area contributed by atoms with Crippen molar-refractivity contribution in [3.8, 4) is 0 Å². The zero-order valence-corrected chi connectivity index (χ0v) is 12.3. The van der Waals surface area contributed by atoms with E-state index in [4.69, 9.17) is 10.2 Å². The molecule has 104 valence electrons. The van der Waals surface area contributed by atoms with Gasteiger partial charge in [-0.3, -0.25) is 0 Å². The fourth-order valence-corrected chi connectivity index (χ4v) is 2.89. The lowest BCUT2D eigenvalue weighted by molar-refractivity contribution is 0.453. The average Bonchev–Trinajstić information content (AvgIpc) is 2.94. The molecule has 3 N–H and O–H groups in total. The highest BCUT2D eigenvalue weighted by molar-refractivity contribution is 7.18. The van der Waals surface area contributed by atoms with Gasteiger partial charge in [-0.1, -0.05) is 0 Å². The number of oxazole rings is 1. The van der Waals surface area contributed by atoms with Gasteiger partial charge in [0.05, 0.1) is 11.6 Å². The van der Waals surface area contributed by atoms with Crippen molar-refractivity contribution in [3.05, 3.63) is 28.8 Å². The number of nitrogens with zero attached hydrogens (tertiary/aromatic N) is 3. The lowest BCUT2D eigenvalue weighted by Gasteiger charge is -2.12. The van der Waals surface area contributed by atoms with E-state index in [1.165, 1.54) is 4.88 Å². The first-order valence-electron chi connectivity index (χ1n) is 6.25. The summed E-state index contributed by atoms with van der Waals surface area (Å²) in [6.07, 6.45) is 1.70. The maximum absolute atomic E-state index is 5.76. The lowest BCUT2D eigenvalue weighted by Crippen LogP contribution is -2.09. The van der Waals surface area contributed by atoms with Gasteiger partial charge in [-0.2, -0.15) is 4.98 Å². The predicted molar refractivity (Wildman–Crippen MR) is 79.8 cm³/mol. The van der Waals surface area contributed by atoms with Gasteiger partial charge in [-0.05, 0) is 26.8 Å². The molecule has 0 spiro atoms. The van der Waals surface area contributed by atoms with Crippen LogP contribution >= 0.6 is 11.3 Å². The van der Waals surface area contributed by atoms with Crippen molar-refractivity contribution >= 4 is 33.3 Å². The number of hydrogen-bond donors (Lipinski definition) is 2. The molecule has 3 aromatic heterocycles. The van der Waals surface area contributed by atoms with Crippen molar-refractivity contribution < 1.29 is 4.42 Å². The Kier molecular flexibility index (Phi) is 3.06. The number of rotatable bonds is 3. The number of hydrogen-bond acceptors (Lipinski definition) is 7. The number of aromatic nitrogens is 3. The summed E-state index contributed by atoms with van der Waals surface area (Å²) in [6, 6.07) is 1.95. The number of nitrogens with two attached hydrogens (primary N) is 1. The third-order valence-corrected chi connectivity index (χ3v) is 3.84. The minimum Gasteiger partial charge on any atom is -0.444 e. The third kappa shape index (κ3) is 2.32. The summed E-state index contributed by atoms with van der Waals surface area (Å²) in [5.41, 5.74) is 5.76. The first-order chi connectivity index (χ1) is 9.52. The second-order valence-corrected chi connectivity index (χ2v) is 5.92. The molecule has 0 saturated heterocycles. The van der Waals surface area contributed by atoms with Crippen LogP contribution in [-0.2, 0) is 0 Å². The van der Waals surface area contributed by atoms with Gasteiger partial charge in [0.2, 0.25) is 11.8 Å². The molecular formula is C13H15N5OS. The Bertz CT molecular complexity index is 763. The number of fused-ring (bicyclic) bond motifs is 1. The second kappa shape index (κ2) is 4.75. The van der Waals surface area contributed by atoms with Crippen LogP contribution in [0.1, 0.15) is 29.5 Å². The first kappa shape index (κ1) is 12.9. The maximum Gasteiger partial charge on any atom is 0.223 e. The zero-order chi connectivity index (χ0) is 14.3. The van der Waals surface area contributed by atoms with Gasteiger partial charge >= 0.3 is 0 Å². The van der Waals surface area contributed by atoms with Crippen molar-refractivity contribution in [2.45, 2.75) is 26.8 Å². The normalized spacial score (nSPS) is 12.8. The number of thiophene rings is 1. The Morgan fingerprint density at radius 3 is 2.85 bits per heavy atom. The van der Waals surface area contributed by atoms with Crippen LogP contribution < -0.4 is 11.1 Å². The quantitative estimate of drug-likeness (QED) is 0.770. The molecule has 0 fully saturated rings. The standard InChI is InChI=1S/C13H15N5OS/c1-6-5-15-11(19-6)8(3)16-10-9-4-7(2)20-12(9)18-13(14)17-10/h4-5,8H,1-3H3,(H3,14,16,17,18). The zero-order valence-electron chi connectivity index (χ0n) is 11.5. The van der Waals surface area contributed by atoms with Gasteiger partial charge in [-0.15, -0.1) is 11.3 Å². The Morgan fingerprint density at radius 1 is 1.35 bits per heavy atom. The molecule has 1 atom stereocenters. The molecule has 1 unspecified atom stereocenters. The molecule has 0 aliphatic heterocycles. The second-order valence-electron chi connectivity index (χ2n) is 4.68. The fourth-order valence-electron chi connectivity index (χ4n) is 2.01. The van der Waals surface area contributed by atoms with Crippen molar-refractivity contribution in [1.29, 1.82) is 0 Å². The van der Waals surface area contributed by atoms with Crippen LogP contribution in [0.3, 0.4) is 0 Å². The number of nitrogens with one attached hydrogen (secondary N) is 1. The molecular weight excluding hydrogens is 274 g/mol. The van der Waals surface area contributed by atoms with Crippen molar-refractivity contribution in [3.63, 3.8) is 0 Å². The predicted octanol–water partition coefficient (Wildman–Crippen LogP) is 3.05. The SMILES string of the molecule is Cc1cnc(C(C)Nc2nc(N)nc3sc(C)cc23)o1. The molecule has 20 heavy (non-hydrogen) atoms. The third-order valence-electron chi connectivity index (χ3n) is 2.90. The number of nitrogen functional groups attached to an aromatic ring is 1. The molecule has 0 saturated carbocycles. The highest BCUT2D eigenvalue weighted by atomic mass is 32.1. The Balaban J connectivity index is 1.97. The average molecular weight is 289 g/mol. The Morgan fingerprint density at radius 2 is 2.15 bits per heavy atom. The minimum absolute atomic E-state index is 0.0959. The summed E-state index contributed by atoms with van der Waals surface area (Å²) in [7, 11) is 0. The van der Waals surface area contributed by atoms with Crippen LogP contribution in [-0.4, -0.2) is 15.0 Å². The Hall–Kier alpha value is -2.15. The summed E-state index contributed by atoms with van der Waals surface area (Å²) in [6.45, 7) is 5.87. The first-order valence-corrected chi connectivity index (χ1v) is 7.07. The summed E-state index contributed by atoms with van der Waals surface area (Å²) < 4.78 is 5.52. The van der Waals surface area contributed by atoms with Crippen LogP contribution in [0.15, 0.2) is 16.7 Å². The number of anilines is 2. The lowest BCUT2D eigenvalue weighted by atomic mass is 10.3. The molecule has 0 aromatic carbocycles. The van der Waals surface area contributed by atoms with Gasteiger partial charge in [0.15, 0.2) is 0 Å². The Labute approximate surface area is 120 Å². The van der Waals surface area contributed by atoms with E-state index in [1.807, 2.05) is 20.8 Å². The molecule has 0 amide bonds. The summed E-state index contributed by atoms with van der Waals surface area (Å²) in [5.74, 6) is 2.38. The van der Waals surface area contributed by atoms with Crippen LogP contribution in [0.25, 0.3) is 10.2 Å². The number of aryl methyl sites for hydroxylation is 2. The van der Waals surface area contributed by atoms with Gasteiger partial charge in [0.25, 0.3) is 0 Å². The topological polar surface area (TPSA) is 89.9 Å². The van der Waals surface area contributed by atoms with Gasteiger partial charge in [0.1, 0.15) is 22.5 Å². The van der Waals surface area contributed by atoms with E-state index in [9.17, 15) is 0 Å². The molecule has 3 rings (SSSR count). The fraction of sp³-hybridized carbons (Fsp3) is 0.308. The van der Waals surface area contributed by atoms with Crippen LogP contribution in [0.2, 0.25) is 0 Å². The maximum atomic E-state index is 5.76. The molecule has 0 aliphatic carbocycles. The van der Waals surface area contributed by atoms with Gasteiger partial charge in [0, 0.05) is 4.88 Å². The van der Waals surface area contributed by atoms with Crippen molar-refractivity contribution in [2.24, 2.45) is 0 Å². The summed E-state index contributed by atoms with van der Waals surface area (Å²) in [4.78, 5) is 14.8. The molecule has 6 nitrogen and oxygen atoms in total. The van der Waals surface area contributed by atoms with E-state index in [2.05, 4.69) is 26.3 Å². The van der Waals surface area contributed by atoms with E-state index >= 15 is 0 Å². The molecule has 3 aromatic rings. The van der Waals surface area contributed by atoms with E-state index in [0.717, 1.165) is 16.0 Å². The van der Waals surface area contributed by atoms with Gasteiger partial charge < -0.3 is 15.5 Å². The minimum atomic E-state index is -0.0959. The smallest absolute Gasteiger partial charge is 0.223 e. The van der Waals surface area contributed by atoms with Crippen LogP contribution in [0.5, 0.6) is 0 Å². The molecule has 3 heterocycles. The van der Waals surface area contributed by atoms with Gasteiger partial charge in [-0.25, -0.2) is 9.97 Å². The highest BCUT2D eigenvalue weighted by Gasteiger charge is 2.15. The van der Waals surface area contributed by atoms with Crippen LogP contribution in [0.4, 0.5) is 11.8 Å². The summed E-state index contributed by atoms with van der Waals surface area (Å²) in [5, 5.41) is 4.26. The van der Waals surface area contributed by atoms with Crippen LogP contribution in [0, 0.1) is 13.8 Å². The molecule has 0 radical (unpaired) electrons. The summed E-state index contributed by atoms with van der Waals surface area (Å²) >= 11 is 1.60. The van der Waals surface area contributed by atoms with Crippen molar-refractivity contribution in [1.82, 2.24) is 15.0 Å². The van der Waals surface area contributed by atoms with Crippen molar-refractivity contribution in [2.75, 3.05) is 11.1 Å². The van der Waals surface area contributed by atoms with E-state index < -0.39 is 0 Å². The monoisotopic (exact) mass is 289 g/mol. The molecule has 0 aliphatic rings. The van der Waals surface area contributed by atoms with E-state index in [-0.39, 0.29) is 12.0 Å². The van der Waals surface area contributed by atoms with E-state index in [1.54, 1.807) is 17.5 Å². The molecule has 0 bridgehead atoms. The largest absolute Gasteiger partial charge is 0.444 e.